The van der Waals surface area contributed by atoms with Gasteiger partial charge in [0.25, 0.3) is 0 Å². The van der Waals surface area contributed by atoms with Gasteiger partial charge in [0.1, 0.15) is 0 Å². The average Bonchev–Trinajstić information content (AvgIpc) is 3.17. The van der Waals surface area contributed by atoms with Crippen molar-refractivity contribution in [2.45, 2.75) is 90.4 Å². The van der Waals surface area contributed by atoms with Crippen molar-refractivity contribution in [2.24, 2.45) is 5.41 Å². The average molecular weight is 688 g/mol. The topological polar surface area (TPSA) is 3.24 Å². The van der Waals surface area contributed by atoms with Crippen molar-refractivity contribution in [1.82, 2.24) is 0 Å². The van der Waals surface area contributed by atoms with Gasteiger partial charge in [0.15, 0.2) is 0 Å². The molecule has 53 heavy (non-hydrogen) atoms. The third kappa shape index (κ3) is 4.83. The molecule has 262 valence electrons. The fraction of sp³-hybridized carbons (Fsp3) is 0.294. The van der Waals surface area contributed by atoms with Crippen molar-refractivity contribution in [2.75, 3.05) is 4.81 Å². The molecule has 1 fully saturated rings. The number of hydrogen-bond acceptors (Lipinski definition) is 1. The molecule has 0 spiro atoms. The molecule has 4 aliphatic rings. The summed E-state index contributed by atoms with van der Waals surface area (Å²) in [7, 11) is 0. The van der Waals surface area contributed by atoms with Crippen molar-refractivity contribution < 1.29 is 0 Å². The van der Waals surface area contributed by atoms with Crippen molar-refractivity contribution in [3.8, 4) is 33.4 Å². The van der Waals surface area contributed by atoms with Crippen LogP contribution in [0.3, 0.4) is 0 Å². The van der Waals surface area contributed by atoms with E-state index in [1.54, 1.807) is 16.7 Å². The Bertz CT molecular complexity index is 2400. The van der Waals surface area contributed by atoms with Gasteiger partial charge >= 0.3 is 6.85 Å². The third-order valence-electron chi connectivity index (χ3n) is 14.1. The maximum absolute atomic E-state index is 2.73. The first-order valence-electron chi connectivity index (χ1n) is 20.0. The summed E-state index contributed by atoms with van der Waals surface area (Å²) in [4.78, 5) is 2.73. The molecular formula is C51H50BN. The van der Waals surface area contributed by atoms with Crippen LogP contribution in [0.25, 0.3) is 33.4 Å². The zero-order chi connectivity index (χ0) is 36.3. The SMILES string of the molecule is Cc1cc2c3c(c1)C1CC4(C)CCCCC4(C)c4cc(C(C)(C)C)cc(c41)B3N(c1ccc(-c3ccccc3)cc1)c1cc(-c3ccccc3)ccc1-2. The second kappa shape index (κ2) is 11.6. The first-order valence-corrected chi connectivity index (χ1v) is 20.0. The molecular weight excluding hydrogens is 637 g/mol. The molecule has 1 nitrogen and oxygen atoms in total. The molecule has 3 unspecified atom stereocenters. The molecule has 2 heteroatoms. The summed E-state index contributed by atoms with van der Waals surface area (Å²) >= 11 is 0. The van der Waals surface area contributed by atoms with Gasteiger partial charge in [-0.1, -0.05) is 162 Å². The summed E-state index contributed by atoms with van der Waals surface area (Å²) in [6.07, 6.45) is 6.49. The van der Waals surface area contributed by atoms with E-state index >= 15 is 0 Å². The smallest absolute Gasteiger partial charge is 0.329 e. The van der Waals surface area contributed by atoms with E-state index in [0.29, 0.717) is 5.92 Å². The summed E-state index contributed by atoms with van der Waals surface area (Å²) in [5.74, 6) is 0.405. The molecule has 2 heterocycles. The molecule has 0 radical (unpaired) electrons. The molecule has 6 aromatic rings. The first-order chi connectivity index (χ1) is 25.5. The van der Waals surface area contributed by atoms with E-state index in [9.17, 15) is 0 Å². The molecule has 2 aliphatic carbocycles. The van der Waals surface area contributed by atoms with Gasteiger partial charge in [-0.2, -0.15) is 0 Å². The molecule has 0 saturated heterocycles. The number of fused-ring (bicyclic) bond motifs is 6. The van der Waals surface area contributed by atoms with Gasteiger partial charge in [-0.25, -0.2) is 0 Å². The molecule has 3 atom stereocenters. The lowest BCUT2D eigenvalue weighted by Crippen LogP contribution is -2.64. The zero-order valence-corrected chi connectivity index (χ0v) is 32.3. The van der Waals surface area contributed by atoms with E-state index in [1.807, 2.05) is 0 Å². The molecule has 0 amide bonds. The Labute approximate surface area is 317 Å². The van der Waals surface area contributed by atoms with Crippen LogP contribution in [0, 0.1) is 12.3 Å². The predicted octanol–water partition coefficient (Wildman–Crippen LogP) is 12.2. The number of hydrogen-bond donors (Lipinski definition) is 0. The van der Waals surface area contributed by atoms with Crippen molar-refractivity contribution in [3.63, 3.8) is 0 Å². The van der Waals surface area contributed by atoms with Crippen LogP contribution in [0.4, 0.5) is 11.4 Å². The van der Waals surface area contributed by atoms with Crippen LogP contribution in [0.5, 0.6) is 0 Å². The minimum absolute atomic E-state index is 0.0332. The van der Waals surface area contributed by atoms with E-state index in [4.69, 9.17) is 0 Å². The van der Waals surface area contributed by atoms with E-state index in [1.165, 1.54) is 98.9 Å². The Morgan fingerprint density at radius 1 is 0.660 bits per heavy atom. The molecule has 0 bridgehead atoms. The van der Waals surface area contributed by atoms with Gasteiger partial charge in [0.05, 0.1) is 0 Å². The van der Waals surface area contributed by atoms with Gasteiger partial charge in [0, 0.05) is 22.9 Å². The molecule has 2 aliphatic heterocycles. The van der Waals surface area contributed by atoms with Gasteiger partial charge in [0.2, 0.25) is 0 Å². The molecule has 0 N–H and O–H groups in total. The van der Waals surface area contributed by atoms with Crippen molar-refractivity contribution >= 4 is 29.1 Å². The standard InChI is InChI=1S/C51H50BN/c1-33-27-41-40-24-21-37(35-17-11-8-12-18-35)29-46(40)53(39-22-19-36(20-23-39)34-15-9-7-10-16-34)52-45-31-38(49(2,3)4)30-44-47(45)43(42(28-33)48(41)52)32-50(5)25-13-14-26-51(44,50)6/h7-12,15-24,27-31,43H,13-14,25-26,32H2,1-6H3. The van der Waals surface area contributed by atoms with E-state index in [0.717, 1.165) is 0 Å². The number of aryl methyl sites for hydroxylation is 1. The lowest BCUT2D eigenvalue weighted by Gasteiger charge is -2.59. The second-order valence-electron chi connectivity index (χ2n) is 18.2. The molecule has 10 rings (SSSR count). The monoisotopic (exact) mass is 687 g/mol. The van der Waals surface area contributed by atoms with Crippen LogP contribution < -0.4 is 15.7 Å². The highest BCUT2D eigenvalue weighted by Crippen LogP contribution is 2.63. The quantitative estimate of drug-likeness (QED) is 0.167. The van der Waals surface area contributed by atoms with Gasteiger partial charge in [-0.15, -0.1) is 0 Å². The zero-order valence-electron chi connectivity index (χ0n) is 32.3. The van der Waals surface area contributed by atoms with Crippen LogP contribution >= 0.6 is 0 Å². The minimum atomic E-state index is 0.0332. The second-order valence-corrected chi connectivity index (χ2v) is 18.2. The Balaban J connectivity index is 1.29. The maximum atomic E-state index is 2.73. The van der Waals surface area contributed by atoms with Crippen molar-refractivity contribution in [3.05, 3.63) is 155 Å². The summed E-state index contributed by atoms with van der Waals surface area (Å²) in [5, 5.41) is 0. The Morgan fingerprint density at radius 2 is 1.30 bits per heavy atom. The van der Waals surface area contributed by atoms with E-state index in [-0.39, 0.29) is 23.1 Å². The fourth-order valence-electron chi connectivity index (χ4n) is 11.1. The number of anilines is 2. The van der Waals surface area contributed by atoms with Crippen LogP contribution in [-0.4, -0.2) is 6.85 Å². The Hall–Kier alpha value is -4.82. The normalized spacial score (nSPS) is 22.4. The molecule has 1 saturated carbocycles. The Kier molecular flexibility index (Phi) is 7.17. The molecule has 6 aromatic carbocycles. The van der Waals surface area contributed by atoms with Gasteiger partial charge in [-0.3, -0.25) is 0 Å². The summed E-state index contributed by atoms with van der Waals surface area (Å²) in [6, 6.07) is 48.8. The van der Waals surface area contributed by atoms with E-state index in [2.05, 4.69) is 174 Å². The largest absolute Gasteiger partial charge is 0.376 e. The first kappa shape index (κ1) is 32.8. The van der Waals surface area contributed by atoms with Crippen LogP contribution in [-0.2, 0) is 10.8 Å². The summed E-state index contributed by atoms with van der Waals surface area (Å²) < 4.78 is 0. The van der Waals surface area contributed by atoms with Crippen molar-refractivity contribution in [1.29, 1.82) is 0 Å². The highest BCUT2D eigenvalue weighted by Gasteiger charge is 2.57. The van der Waals surface area contributed by atoms with Gasteiger partial charge < -0.3 is 4.81 Å². The molecule has 0 aromatic heterocycles. The summed E-state index contributed by atoms with van der Waals surface area (Å²) in [5.41, 5.74) is 21.6. The van der Waals surface area contributed by atoms with E-state index < -0.39 is 0 Å². The lowest BCUT2D eigenvalue weighted by atomic mass is 9.36. The van der Waals surface area contributed by atoms with Gasteiger partial charge in [-0.05, 0) is 122 Å². The minimum Gasteiger partial charge on any atom is -0.376 e. The van der Waals surface area contributed by atoms with Crippen LogP contribution in [0.2, 0.25) is 0 Å². The predicted molar refractivity (Wildman–Crippen MR) is 227 cm³/mol. The maximum Gasteiger partial charge on any atom is 0.329 e. The Morgan fingerprint density at radius 3 is 2.00 bits per heavy atom. The number of benzene rings is 6. The fourth-order valence-corrected chi connectivity index (χ4v) is 11.1. The van der Waals surface area contributed by atoms with Crippen LogP contribution in [0.15, 0.2) is 127 Å². The number of nitrogens with zero attached hydrogens (tertiary/aromatic N) is 1. The third-order valence-corrected chi connectivity index (χ3v) is 14.1. The highest BCUT2D eigenvalue weighted by molar-refractivity contribution is 6.92. The lowest BCUT2D eigenvalue weighted by molar-refractivity contribution is 0.0602. The number of rotatable bonds is 3. The van der Waals surface area contributed by atoms with Crippen LogP contribution in [0.1, 0.15) is 100 Å². The summed E-state index contributed by atoms with van der Waals surface area (Å²) in [6.45, 7) is 14.9. The highest BCUT2D eigenvalue weighted by atomic mass is 15.1.